The smallest absolute Gasteiger partial charge is 0.303 e. The summed E-state index contributed by atoms with van der Waals surface area (Å²) in [7, 11) is 1.73. The maximum Gasteiger partial charge on any atom is 0.303 e. The summed E-state index contributed by atoms with van der Waals surface area (Å²) in [4.78, 5) is 23.9. The van der Waals surface area contributed by atoms with Crippen molar-refractivity contribution in [3.8, 4) is 0 Å². The molecule has 5 heteroatoms. The number of hydrogen-bond acceptors (Lipinski definition) is 3. The Hall–Kier alpha value is -1.10. The van der Waals surface area contributed by atoms with Crippen molar-refractivity contribution in [2.45, 2.75) is 19.3 Å². The van der Waals surface area contributed by atoms with Crippen LogP contribution in [0.25, 0.3) is 0 Å². The standard InChI is InChI=1S/C10H18N2O3/c1-11-6-9(13)12-4-2-3-8(7-12)5-10(14)15/h8,11H,2-7H2,1H3,(H,14,15). The lowest BCUT2D eigenvalue weighted by Gasteiger charge is -2.32. The SMILES string of the molecule is CNCC(=O)N1CCCC(CC(=O)O)C1. The van der Waals surface area contributed by atoms with Gasteiger partial charge in [0.15, 0.2) is 0 Å². The fourth-order valence-corrected chi connectivity index (χ4v) is 1.97. The average Bonchev–Trinajstić information content (AvgIpc) is 2.17. The lowest BCUT2D eigenvalue weighted by Crippen LogP contribution is -2.43. The van der Waals surface area contributed by atoms with E-state index in [1.54, 1.807) is 11.9 Å². The predicted molar refractivity (Wildman–Crippen MR) is 55.5 cm³/mol. The Labute approximate surface area is 89.4 Å². The van der Waals surface area contributed by atoms with Crippen LogP contribution in [0.3, 0.4) is 0 Å². The van der Waals surface area contributed by atoms with E-state index in [-0.39, 0.29) is 18.2 Å². The first-order valence-electron chi connectivity index (χ1n) is 5.27. The first-order valence-corrected chi connectivity index (χ1v) is 5.27. The molecule has 1 amide bonds. The zero-order valence-corrected chi connectivity index (χ0v) is 9.03. The van der Waals surface area contributed by atoms with Gasteiger partial charge in [-0.15, -0.1) is 0 Å². The molecule has 1 unspecified atom stereocenters. The number of likely N-dealkylation sites (N-methyl/N-ethyl adjacent to an activating group) is 1. The minimum absolute atomic E-state index is 0.0626. The maximum atomic E-state index is 11.5. The monoisotopic (exact) mass is 214 g/mol. The fourth-order valence-electron chi connectivity index (χ4n) is 1.97. The second-order valence-electron chi connectivity index (χ2n) is 3.98. The van der Waals surface area contributed by atoms with Crippen molar-refractivity contribution in [2.24, 2.45) is 5.92 Å². The van der Waals surface area contributed by atoms with Gasteiger partial charge in [-0.1, -0.05) is 0 Å². The van der Waals surface area contributed by atoms with Crippen molar-refractivity contribution >= 4 is 11.9 Å². The summed E-state index contributed by atoms with van der Waals surface area (Å²) >= 11 is 0. The number of carboxylic acid groups (broad SMARTS) is 1. The van der Waals surface area contributed by atoms with Crippen molar-refractivity contribution in [2.75, 3.05) is 26.7 Å². The molecule has 0 aromatic rings. The number of amides is 1. The van der Waals surface area contributed by atoms with Gasteiger partial charge in [-0.2, -0.15) is 0 Å². The van der Waals surface area contributed by atoms with Crippen molar-refractivity contribution in [1.82, 2.24) is 10.2 Å². The van der Waals surface area contributed by atoms with E-state index in [0.29, 0.717) is 13.1 Å². The number of piperidine rings is 1. The third-order valence-corrected chi connectivity index (χ3v) is 2.66. The molecule has 1 aliphatic heterocycles. The second kappa shape index (κ2) is 5.70. The number of carbonyl (C=O) groups excluding carboxylic acids is 1. The van der Waals surface area contributed by atoms with E-state index < -0.39 is 5.97 Å². The minimum atomic E-state index is -0.775. The van der Waals surface area contributed by atoms with E-state index >= 15 is 0 Å². The van der Waals surface area contributed by atoms with Crippen LogP contribution in [0.4, 0.5) is 0 Å². The summed E-state index contributed by atoms with van der Waals surface area (Å²) in [5.41, 5.74) is 0. The first kappa shape index (κ1) is 12.0. The van der Waals surface area contributed by atoms with Crippen LogP contribution in [0.2, 0.25) is 0 Å². The van der Waals surface area contributed by atoms with Crippen molar-refractivity contribution in [3.63, 3.8) is 0 Å². The second-order valence-corrected chi connectivity index (χ2v) is 3.98. The normalized spacial score (nSPS) is 21.4. The molecule has 1 atom stereocenters. The summed E-state index contributed by atoms with van der Waals surface area (Å²) in [5.74, 6) is -0.590. The Balaban J connectivity index is 2.41. The fraction of sp³-hybridized carbons (Fsp3) is 0.800. The number of nitrogens with zero attached hydrogens (tertiary/aromatic N) is 1. The maximum absolute atomic E-state index is 11.5. The van der Waals surface area contributed by atoms with E-state index in [9.17, 15) is 9.59 Å². The average molecular weight is 214 g/mol. The molecule has 0 aromatic heterocycles. The zero-order chi connectivity index (χ0) is 11.3. The Kier molecular flexibility index (Phi) is 4.55. The molecule has 15 heavy (non-hydrogen) atoms. The summed E-state index contributed by atoms with van der Waals surface area (Å²) in [6.07, 6.45) is 1.99. The number of nitrogens with one attached hydrogen (secondary N) is 1. The molecule has 86 valence electrons. The number of aliphatic carboxylic acids is 1. The van der Waals surface area contributed by atoms with Gasteiger partial charge in [-0.25, -0.2) is 0 Å². The summed E-state index contributed by atoms with van der Waals surface area (Å²) in [5, 5.41) is 11.5. The van der Waals surface area contributed by atoms with Crippen LogP contribution >= 0.6 is 0 Å². The van der Waals surface area contributed by atoms with Gasteiger partial charge in [0.2, 0.25) is 5.91 Å². The zero-order valence-electron chi connectivity index (χ0n) is 9.03. The number of carbonyl (C=O) groups is 2. The number of hydrogen-bond donors (Lipinski definition) is 2. The molecular weight excluding hydrogens is 196 g/mol. The molecule has 0 spiro atoms. The van der Waals surface area contributed by atoms with Crippen LogP contribution in [-0.4, -0.2) is 48.6 Å². The largest absolute Gasteiger partial charge is 0.481 e. The highest BCUT2D eigenvalue weighted by atomic mass is 16.4. The van der Waals surface area contributed by atoms with E-state index in [1.165, 1.54) is 0 Å². The molecule has 1 saturated heterocycles. The minimum Gasteiger partial charge on any atom is -0.481 e. The van der Waals surface area contributed by atoms with E-state index in [2.05, 4.69) is 5.32 Å². The number of rotatable bonds is 4. The highest BCUT2D eigenvalue weighted by molar-refractivity contribution is 5.78. The highest BCUT2D eigenvalue weighted by Gasteiger charge is 2.24. The summed E-state index contributed by atoms with van der Waals surface area (Å²) in [6, 6.07) is 0. The summed E-state index contributed by atoms with van der Waals surface area (Å²) < 4.78 is 0. The first-order chi connectivity index (χ1) is 7.13. The molecule has 0 bridgehead atoms. The van der Waals surface area contributed by atoms with Gasteiger partial charge in [0, 0.05) is 19.5 Å². The molecule has 5 nitrogen and oxygen atoms in total. The Morgan fingerprint density at radius 2 is 2.27 bits per heavy atom. The Bertz CT molecular complexity index is 243. The molecule has 0 radical (unpaired) electrons. The van der Waals surface area contributed by atoms with Gasteiger partial charge in [0.25, 0.3) is 0 Å². The number of carboxylic acids is 1. The molecule has 1 rings (SSSR count). The van der Waals surface area contributed by atoms with Crippen molar-refractivity contribution in [1.29, 1.82) is 0 Å². The molecule has 0 aliphatic carbocycles. The Morgan fingerprint density at radius 1 is 1.53 bits per heavy atom. The third kappa shape index (κ3) is 3.87. The molecule has 1 aliphatic rings. The van der Waals surface area contributed by atoms with E-state index in [1.807, 2.05) is 0 Å². The number of likely N-dealkylation sites (tertiary alicyclic amines) is 1. The van der Waals surface area contributed by atoms with Crippen molar-refractivity contribution in [3.05, 3.63) is 0 Å². The molecule has 1 fully saturated rings. The van der Waals surface area contributed by atoms with Gasteiger partial charge in [-0.05, 0) is 25.8 Å². The molecule has 0 aromatic carbocycles. The van der Waals surface area contributed by atoms with Crippen molar-refractivity contribution < 1.29 is 14.7 Å². The van der Waals surface area contributed by atoms with Crippen LogP contribution < -0.4 is 5.32 Å². The van der Waals surface area contributed by atoms with E-state index in [4.69, 9.17) is 5.11 Å². The van der Waals surface area contributed by atoms with Crippen LogP contribution in [-0.2, 0) is 9.59 Å². The molecule has 0 saturated carbocycles. The van der Waals surface area contributed by atoms with Crippen LogP contribution in [0.1, 0.15) is 19.3 Å². The molecule has 2 N–H and O–H groups in total. The van der Waals surface area contributed by atoms with E-state index in [0.717, 1.165) is 19.4 Å². The third-order valence-electron chi connectivity index (χ3n) is 2.66. The topological polar surface area (TPSA) is 69.6 Å². The predicted octanol–water partition coefficient (Wildman–Crippen LogP) is -0.0809. The Morgan fingerprint density at radius 3 is 2.87 bits per heavy atom. The quantitative estimate of drug-likeness (QED) is 0.686. The molecule has 1 heterocycles. The van der Waals surface area contributed by atoms with Gasteiger partial charge in [-0.3, -0.25) is 9.59 Å². The lowest BCUT2D eigenvalue weighted by molar-refractivity contribution is -0.140. The van der Waals surface area contributed by atoms with Gasteiger partial charge in [0.1, 0.15) is 0 Å². The van der Waals surface area contributed by atoms with Gasteiger partial charge in [0.05, 0.1) is 6.54 Å². The van der Waals surface area contributed by atoms with Crippen LogP contribution in [0.5, 0.6) is 0 Å². The molecular formula is C10H18N2O3. The van der Waals surface area contributed by atoms with Gasteiger partial charge >= 0.3 is 5.97 Å². The highest BCUT2D eigenvalue weighted by Crippen LogP contribution is 2.19. The summed E-state index contributed by atoms with van der Waals surface area (Å²) in [6.45, 7) is 1.68. The van der Waals surface area contributed by atoms with Gasteiger partial charge < -0.3 is 15.3 Å². The lowest BCUT2D eigenvalue weighted by atomic mass is 9.95. The van der Waals surface area contributed by atoms with Crippen LogP contribution in [0, 0.1) is 5.92 Å². The van der Waals surface area contributed by atoms with Crippen LogP contribution in [0.15, 0.2) is 0 Å².